The van der Waals surface area contributed by atoms with Crippen LogP contribution >= 0.6 is 45.2 Å². The standard InChI is InChI=1S/C17H17I2NO/c1-3-11(2)14-6-4-5-7-16(14)20-10-12-8-13(18)9-15(19)17(12)21/h4-11,21H,3H2,1-2H3. The Balaban J connectivity index is 2.39. The summed E-state index contributed by atoms with van der Waals surface area (Å²) in [6.45, 7) is 4.39. The molecular weight excluding hydrogens is 488 g/mol. The van der Waals surface area contributed by atoms with Crippen molar-refractivity contribution in [3.8, 4) is 5.75 Å². The van der Waals surface area contributed by atoms with E-state index >= 15 is 0 Å². The first-order valence-corrected chi connectivity index (χ1v) is 8.99. The molecule has 0 heterocycles. The topological polar surface area (TPSA) is 32.6 Å². The molecule has 0 radical (unpaired) electrons. The summed E-state index contributed by atoms with van der Waals surface area (Å²) in [5.41, 5.74) is 2.97. The number of nitrogens with zero attached hydrogens (tertiary/aromatic N) is 1. The Morgan fingerprint density at radius 1 is 1.24 bits per heavy atom. The van der Waals surface area contributed by atoms with Gasteiger partial charge in [0, 0.05) is 15.3 Å². The quantitative estimate of drug-likeness (QED) is 0.410. The molecule has 0 aliphatic carbocycles. The summed E-state index contributed by atoms with van der Waals surface area (Å²) < 4.78 is 1.93. The predicted octanol–water partition coefficient (Wildman–Crippen LogP) is 5.87. The van der Waals surface area contributed by atoms with E-state index in [9.17, 15) is 5.11 Å². The lowest BCUT2D eigenvalue weighted by Gasteiger charge is -2.11. The van der Waals surface area contributed by atoms with Crippen molar-refractivity contribution in [2.75, 3.05) is 0 Å². The number of phenols is 1. The number of rotatable bonds is 4. The van der Waals surface area contributed by atoms with Crippen molar-refractivity contribution in [1.29, 1.82) is 0 Å². The molecule has 0 aromatic heterocycles. The molecule has 0 saturated carbocycles. The van der Waals surface area contributed by atoms with Gasteiger partial charge in [0.15, 0.2) is 0 Å². The molecule has 2 aromatic rings. The van der Waals surface area contributed by atoms with Crippen molar-refractivity contribution >= 4 is 57.1 Å². The summed E-state index contributed by atoms with van der Waals surface area (Å²) in [5.74, 6) is 0.767. The van der Waals surface area contributed by atoms with Crippen LogP contribution < -0.4 is 0 Å². The number of hydrogen-bond acceptors (Lipinski definition) is 2. The second kappa shape index (κ2) is 7.58. The Bertz CT molecular complexity index is 668. The summed E-state index contributed by atoms with van der Waals surface area (Å²) in [4.78, 5) is 4.60. The molecule has 1 N–H and O–H groups in total. The highest BCUT2D eigenvalue weighted by Crippen LogP contribution is 2.30. The van der Waals surface area contributed by atoms with E-state index in [1.54, 1.807) is 6.21 Å². The zero-order valence-corrected chi connectivity index (χ0v) is 16.3. The molecule has 0 bridgehead atoms. The smallest absolute Gasteiger partial charge is 0.137 e. The van der Waals surface area contributed by atoms with Gasteiger partial charge in [-0.2, -0.15) is 0 Å². The van der Waals surface area contributed by atoms with Crippen molar-refractivity contribution in [3.05, 3.63) is 54.7 Å². The molecule has 0 amide bonds. The summed E-state index contributed by atoms with van der Waals surface area (Å²) in [7, 11) is 0. The molecule has 0 spiro atoms. The van der Waals surface area contributed by atoms with Crippen LogP contribution in [0.3, 0.4) is 0 Å². The third kappa shape index (κ3) is 4.18. The van der Waals surface area contributed by atoms with E-state index in [-0.39, 0.29) is 0 Å². The summed E-state index contributed by atoms with van der Waals surface area (Å²) in [5, 5.41) is 10.1. The van der Waals surface area contributed by atoms with Crippen molar-refractivity contribution in [3.63, 3.8) is 0 Å². The fraction of sp³-hybridized carbons (Fsp3) is 0.235. The Labute approximate surface area is 153 Å². The van der Waals surface area contributed by atoms with Crippen molar-refractivity contribution in [1.82, 2.24) is 0 Å². The monoisotopic (exact) mass is 505 g/mol. The van der Waals surface area contributed by atoms with Crippen LogP contribution in [0.2, 0.25) is 0 Å². The van der Waals surface area contributed by atoms with Gasteiger partial charge in [-0.3, -0.25) is 4.99 Å². The van der Waals surface area contributed by atoms with Gasteiger partial charge in [0.25, 0.3) is 0 Å². The number of aliphatic imine (C=N–C) groups is 1. The predicted molar refractivity (Wildman–Crippen MR) is 106 cm³/mol. The van der Waals surface area contributed by atoms with E-state index in [1.807, 2.05) is 30.3 Å². The number of aromatic hydroxyl groups is 1. The van der Waals surface area contributed by atoms with E-state index in [0.29, 0.717) is 11.7 Å². The lowest BCUT2D eigenvalue weighted by Crippen LogP contribution is -1.92. The molecule has 1 atom stereocenters. The molecule has 0 aliphatic heterocycles. The van der Waals surface area contributed by atoms with Gasteiger partial charge >= 0.3 is 0 Å². The van der Waals surface area contributed by atoms with Crippen LogP contribution in [0, 0.1) is 7.14 Å². The van der Waals surface area contributed by atoms with Crippen LogP contribution in [0.4, 0.5) is 5.69 Å². The number of para-hydroxylation sites is 1. The summed E-state index contributed by atoms with van der Waals surface area (Å²) >= 11 is 4.38. The number of phenolic OH excluding ortho intramolecular Hbond substituents is 1. The van der Waals surface area contributed by atoms with Gasteiger partial charge in [0.1, 0.15) is 5.75 Å². The number of halogens is 2. The fourth-order valence-corrected chi connectivity index (χ4v) is 3.95. The Morgan fingerprint density at radius 3 is 2.67 bits per heavy atom. The van der Waals surface area contributed by atoms with E-state index in [2.05, 4.69) is 70.1 Å². The van der Waals surface area contributed by atoms with Crippen LogP contribution in [0.1, 0.15) is 37.3 Å². The third-order valence-electron chi connectivity index (χ3n) is 3.48. The van der Waals surface area contributed by atoms with Gasteiger partial charge in [-0.05, 0) is 81.3 Å². The number of benzene rings is 2. The molecule has 0 saturated heterocycles. The first-order chi connectivity index (χ1) is 10.0. The largest absolute Gasteiger partial charge is 0.506 e. The average Bonchev–Trinajstić information content (AvgIpc) is 2.49. The zero-order valence-electron chi connectivity index (χ0n) is 12.0. The van der Waals surface area contributed by atoms with Crippen LogP contribution in [-0.2, 0) is 0 Å². The lowest BCUT2D eigenvalue weighted by atomic mass is 9.97. The van der Waals surface area contributed by atoms with Gasteiger partial charge in [0.2, 0.25) is 0 Å². The highest BCUT2D eigenvalue weighted by atomic mass is 127. The minimum absolute atomic E-state index is 0.292. The minimum atomic E-state index is 0.292. The molecule has 1 unspecified atom stereocenters. The van der Waals surface area contributed by atoms with Gasteiger partial charge in [-0.1, -0.05) is 32.0 Å². The van der Waals surface area contributed by atoms with Crippen LogP contribution in [-0.4, -0.2) is 11.3 Å². The Kier molecular flexibility index (Phi) is 6.04. The maximum Gasteiger partial charge on any atom is 0.137 e. The lowest BCUT2D eigenvalue weighted by molar-refractivity contribution is 0.470. The fourth-order valence-electron chi connectivity index (χ4n) is 2.07. The first-order valence-electron chi connectivity index (χ1n) is 6.84. The van der Waals surface area contributed by atoms with Crippen molar-refractivity contribution < 1.29 is 5.11 Å². The van der Waals surface area contributed by atoms with E-state index in [1.165, 1.54) is 5.56 Å². The number of hydrogen-bond donors (Lipinski definition) is 1. The average molecular weight is 505 g/mol. The van der Waals surface area contributed by atoms with Gasteiger partial charge in [-0.25, -0.2) is 0 Å². The molecule has 4 heteroatoms. The first kappa shape index (κ1) is 16.7. The SMILES string of the molecule is CCC(C)c1ccccc1N=Cc1cc(I)cc(I)c1O. The summed E-state index contributed by atoms with van der Waals surface area (Å²) in [6.07, 6.45) is 2.83. The van der Waals surface area contributed by atoms with Crippen LogP contribution in [0.15, 0.2) is 41.4 Å². The second-order valence-electron chi connectivity index (χ2n) is 4.95. The highest BCUT2D eigenvalue weighted by Gasteiger charge is 2.08. The second-order valence-corrected chi connectivity index (χ2v) is 7.36. The van der Waals surface area contributed by atoms with E-state index in [0.717, 1.165) is 24.8 Å². The molecule has 0 aliphatic rings. The molecule has 2 nitrogen and oxygen atoms in total. The van der Waals surface area contributed by atoms with E-state index in [4.69, 9.17) is 0 Å². The van der Waals surface area contributed by atoms with Gasteiger partial charge in [-0.15, -0.1) is 0 Å². The Morgan fingerprint density at radius 2 is 1.95 bits per heavy atom. The Hall–Kier alpha value is -0.630. The molecule has 21 heavy (non-hydrogen) atoms. The van der Waals surface area contributed by atoms with E-state index < -0.39 is 0 Å². The van der Waals surface area contributed by atoms with Gasteiger partial charge in [0.05, 0.1) is 9.26 Å². The summed E-state index contributed by atoms with van der Waals surface area (Å²) in [6, 6.07) is 12.1. The van der Waals surface area contributed by atoms with Crippen LogP contribution in [0.25, 0.3) is 0 Å². The molecule has 110 valence electrons. The third-order valence-corrected chi connectivity index (χ3v) is 4.93. The molecule has 2 aromatic carbocycles. The normalized spacial score (nSPS) is 12.8. The minimum Gasteiger partial charge on any atom is -0.506 e. The molecule has 2 rings (SSSR count). The molecule has 0 fully saturated rings. The van der Waals surface area contributed by atoms with Gasteiger partial charge < -0.3 is 5.11 Å². The zero-order chi connectivity index (χ0) is 15.4. The molecular formula is C17H17I2NO. The highest BCUT2D eigenvalue weighted by molar-refractivity contribution is 14.1. The maximum atomic E-state index is 10.1. The maximum absolute atomic E-state index is 10.1. The van der Waals surface area contributed by atoms with Crippen LogP contribution in [0.5, 0.6) is 5.75 Å². The van der Waals surface area contributed by atoms with Crippen molar-refractivity contribution in [2.45, 2.75) is 26.2 Å². The van der Waals surface area contributed by atoms with Crippen molar-refractivity contribution in [2.24, 2.45) is 4.99 Å².